The fourth-order valence-corrected chi connectivity index (χ4v) is 5.38. The number of fused-ring (bicyclic) bond motifs is 4. The Labute approximate surface area is 182 Å². The van der Waals surface area contributed by atoms with E-state index in [1.165, 1.54) is 46.0 Å². The maximum atomic E-state index is 6.34. The summed E-state index contributed by atoms with van der Waals surface area (Å²) in [7, 11) is 0. The normalized spacial score (nSPS) is 15.6. The molecule has 0 aliphatic carbocycles. The lowest BCUT2D eigenvalue weighted by Crippen LogP contribution is -2.18. The summed E-state index contributed by atoms with van der Waals surface area (Å²) in [5.74, 6) is 1.93. The third kappa shape index (κ3) is 3.26. The first-order valence-electron chi connectivity index (χ1n) is 11.5. The van der Waals surface area contributed by atoms with Gasteiger partial charge in [0, 0.05) is 36.0 Å². The maximum absolute atomic E-state index is 6.34. The van der Waals surface area contributed by atoms with Gasteiger partial charge < -0.3 is 19.4 Å². The lowest BCUT2D eigenvalue weighted by Gasteiger charge is -2.19. The van der Waals surface area contributed by atoms with Gasteiger partial charge in [-0.15, -0.1) is 0 Å². The molecule has 0 unspecified atom stereocenters. The smallest absolute Gasteiger partial charge is 0.129 e. The van der Waals surface area contributed by atoms with Gasteiger partial charge in [-0.2, -0.15) is 0 Å². The fourth-order valence-electron chi connectivity index (χ4n) is 5.38. The van der Waals surface area contributed by atoms with E-state index in [4.69, 9.17) is 9.47 Å². The Bertz CT molecular complexity index is 1250. The summed E-state index contributed by atoms with van der Waals surface area (Å²) in [5.41, 5.74) is 5.91. The molecule has 0 saturated carbocycles. The van der Waals surface area contributed by atoms with Crippen LogP contribution in [0.1, 0.15) is 23.2 Å². The third-order valence-electron chi connectivity index (χ3n) is 6.74. The van der Waals surface area contributed by atoms with Gasteiger partial charge in [-0.25, -0.2) is 0 Å². The molecule has 6 rings (SSSR count). The summed E-state index contributed by atoms with van der Waals surface area (Å²) in [4.78, 5) is 0. The van der Waals surface area contributed by atoms with E-state index >= 15 is 0 Å². The van der Waals surface area contributed by atoms with E-state index in [2.05, 4.69) is 52.3 Å². The summed E-state index contributed by atoms with van der Waals surface area (Å²) in [5, 5.41) is 7.25. The van der Waals surface area contributed by atoms with Gasteiger partial charge in [0.2, 0.25) is 0 Å². The monoisotopic (exact) mass is 412 g/mol. The number of rotatable bonds is 5. The summed E-state index contributed by atoms with van der Waals surface area (Å²) in [6.45, 7) is 4.30. The Balaban J connectivity index is 1.26. The fraction of sp³-hybridized carbons (Fsp3) is 0.333. The van der Waals surface area contributed by atoms with Gasteiger partial charge in [-0.1, -0.05) is 42.5 Å². The Hall–Kier alpha value is -2.98. The number of nitrogens with zero attached hydrogens (tertiary/aromatic N) is 1. The second kappa shape index (κ2) is 7.93. The molecule has 0 spiro atoms. The molecule has 158 valence electrons. The van der Waals surface area contributed by atoms with E-state index in [1.807, 2.05) is 12.1 Å². The molecule has 1 N–H and O–H groups in total. The zero-order valence-electron chi connectivity index (χ0n) is 17.8. The zero-order valence-corrected chi connectivity index (χ0v) is 17.8. The van der Waals surface area contributed by atoms with Crippen molar-refractivity contribution < 1.29 is 9.47 Å². The molecular formula is C27H28N2O2. The Morgan fingerprint density at radius 1 is 0.806 bits per heavy atom. The third-order valence-corrected chi connectivity index (χ3v) is 6.74. The van der Waals surface area contributed by atoms with E-state index in [9.17, 15) is 0 Å². The predicted octanol–water partition coefficient (Wildman–Crippen LogP) is 4.89. The van der Waals surface area contributed by atoms with E-state index < -0.39 is 0 Å². The van der Waals surface area contributed by atoms with Crippen molar-refractivity contribution >= 4 is 21.7 Å². The van der Waals surface area contributed by atoms with E-state index in [1.54, 1.807) is 0 Å². The lowest BCUT2D eigenvalue weighted by atomic mass is 10.0. The second-order valence-electron chi connectivity index (χ2n) is 8.55. The molecule has 0 bridgehead atoms. The van der Waals surface area contributed by atoms with Gasteiger partial charge >= 0.3 is 0 Å². The van der Waals surface area contributed by atoms with Crippen molar-refractivity contribution in [3.8, 4) is 11.5 Å². The van der Waals surface area contributed by atoms with Crippen molar-refractivity contribution in [2.75, 3.05) is 26.3 Å². The second-order valence-corrected chi connectivity index (χ2v) is 8.55. The van der Waals surface area contributed by atoms with Gasteiger partial charge in [0.05, 0.1) is 5.52 Å². The SMILES string of the molecule is c1ccc2c(OCCOc3ccc4c5c3c3c(n5CCC4)CCNCC3)cccc2c1. The first-order chi connectivity index (χ1) is 15.4. The highest BCUT2D eigenvalue weighted by Gasteiger charge is 2.25. The van der Waals surface area contributed by atoms with Crippen LogP contribution in [-0.4, -0.2) is 30.9 Å². The topological polar surface area (TPSA) is 35.4 Å². The number of aromatic nitrogens is 1. The number of nitrogens with one attached hydrogen (secondary N) is 1. The molecule has 0 radical (unpaired) electrons. The Morgan fingerprint density at radius 2 is 1.65 bits per heavy atom. The molecule has 0 fully saturated rings. The van der Waals surface area contributed by atoms with Crippen LogP contribution >= 0.6 is 0 Å². The molecule has 2 aliphatic heterocycles. The van der Waals surface area contributed by atoms with E-state index in [-0.39, 0.29) is 0 Å². The molecule has 0 saturated heterocycles. The van der Waals surface area contributed by atoms with E-state index in [0.29, 0.717) is 13.2 Å². The van der Waals surface area contributed by atoms with Crippen LogP contribution in [0.5, 0.6) is 11.5 Å². The van der Waals surface area contributed by atoms with Gasteiger partial charge in [-0.3, -0.25) is 0 Å². The molecule has 31 heavy (non-hydrogen) atoms. The maximum Gasteiger partial charge on any atom is 0.129 e. The van der Waals surface area contributed by atoms with Crippen LogP contribution in [0, 0.1) is 0 Å². The Morgan fingerprint density at radius 3 is 2.61 bits per heavy atom. The van der Waals surface area contributed by atoms with Gasteiger partial charge in [-0.05, 0) is 54.5 Å². The van der Waals surface area contributed by atoms with Crippen molar-refractivity contribution in [1.29, 1.82) is 0 Å². The van der Waals surface area contributed by atoms with Gasteiger partial charge in [0.25, 0.3) is 0 Å². The van der Waals surface area contributed by atoms with Crippen molar-refractivity contribution in [3.05, 3.63) is 71.4 Å². The van der Waals surface area contributed by atoms with Gasteiger partial charge in [0.15, 0.2) is 0 Å². The standard InChI is InChI=1S/C27H28N2O2/c1-2-8-21-19(5-1)6-3-9-24(21)30-17-18-31-25-11-10-20-7-4-16-29-23-13-15-28-14-12-22(23)26(25)27(20)29/h1-3,5-6,8-11,28H,4,7,12-18H2. The van der Waals surface area contributed by atoms with Crippen LogP contribution in [0.4, 0.5) is 0 Å². The summed E-state index contributed by atoms with van der Waals surface area (Å²) in [6, 6.07) is 19.0. The summed E-state index contributed by atoms with van der Waals surface area (Å²) in [6.07, 6.45) is 4.58. The average molecular weight is 413 g/mol. The minimum absolute atomic E-state index is 0.529. The lowest BCUT2D eigenvalue weighted by molar-refractivity contribution is 0.220. The Kier molecular flexibility index (Phi) is 4.80. The minimum atomic E-state index is 0.529. The van der Waals surface area contributed by atoms with Crippen molar-refractivity contribution in [2.24, 2.45) is 0 Å². The molecular weight excluding hydrogens is 384 g/mol. The molecule has 4 heteroatoms. The number of hydrogen-bond donors (Lipinski definition) is 1. The highest BCUT2D eigenvalue weighted by molar-refractivity contribution is 5.94. The molecule has 2 aliphatic rings. The molecule has 0 amide bonds. The first-order valence-corrected chi connectivity index (χ1v) is 11.5. The molecule has 0 atom stereocenters. The zero-order chi connectivity index (χ0) is 20.6. The van der Waals surface area contributed by atoms with Crippen LogP contribution in [0.25, 0.3) is 21.7 Å². The minimum Gasteiger partial charge on any atom is -0.489 e. The predicted molar refractivity (Wildman–Crippen MR) is 125 cm³/mol. The van der Waals surface area contributed by atoms with Crippen LogP contribution < -0.4 is 14.8 Å². The van der Waals surface area contributed by atoms with Crippen molar-refractivity contribution in [2.45, 2.75) is 32.2 Å². The molecule has 4 aromatic rings. The first kappa shape index (κ1) is 18.8. The van der Waals surface area contributed by atoms with Crippen molar-refractivity contribution in [1.82, 2.24) is 9.88 Å². The number of aryl methyl sites for hydroxylation is 2. The molecule has 4 nitrogen and oxygen atoms in total. The highest BCUT2D eigenvalue weighted by atomic mass is 16.5. The van der Waals surface area contributed by atoms with Crippen molar-refractivity contribution in [3.63, 3.8) is 0 Å². The number of benzene rings is 3. The van der Waals surface area contributed by atoms with Crippen LogP contribution in [0.3, 0.4) is 0 Å². The highest BCUT2D eigenvalue weighted by Crippen LogP contribution is 2.39. The summed E-state index contributed by atoms with van der Waals surface area (Å²) < 4.78 is 15.0. The van der Waals surface area contributed by atoms with Crippen LogP contribution in [0.2, 0.25) is 0 Å². The number of ether oxygens (including phenoxy) is 2. The average Bonchev–Trinajstić information content (AvgIpc) is 2.97. The quantitative estimate of drug-likeness (QED) is 0.474. The largest absolute Gasteiger partial charge is 0.489 e. The van der Waals surface area contributed by atoms with Crippen LogP contribution in [-0.2, 0) is 25.8 Å². The molecule has 3 heterocycles. The summed E-state index contributed by atoms with van der Waals surface area (Å²) >= 11 is 0. The van der Waals surface area contributed by atoms with Gasteiger partial charge in [0.1, 0.15) is 24.7 Å². The molecule has 3 aromatic carbocycles. The molecule has 1 aromatic heterocycles. The van der Waals surface area contributed by atoms with Crippen LogP contribution in [0.15, 0.2) is 54.6 Å². The van der Waals surface area contributed by atoms with E-state index in [0.717, 1.165) is 49.4 Å². The number of hydrogen-bond acceptors (Lipinski definition) is 3.